The quantitative estimate of drug-likeness (QED) is 0.163. The molecule has 3 rings (SSSR count). The van der Waals surface area contributed by atoms with Crippen molar-refractivity contribution in [3.05, 3.63) is 47.5 Å². The summed E-state index contributed by atoms with van der Waals surface area (Å²) in [5.74, 6) is 12.2. The van der Waals surface area contributed by atoms with E-state index < -0.39 is 0 Å². The summed E-state index contributed by atoms with van der Waals surface area (Å²) in [6.45, 7) is 0. The molecule has 0 unspecified atom stereocenters. The van der Waals surface area contributed by atoms with Gasteiger partial charge < -0.3 is 15.9 Å². The lowest BCUT2D eigenvalue weighted by Gasteiger charge is -2.18. The molecule has 0 bridgehead atoms. The second-order valence-electron chi connectivity index (χ2n) is 7.53. The lowest BCUT2D eigenvalue weighted by molar-refractivity contribution is 0.102. The summed E-state index contributed by atoms with van der Waals surface area (Å²) in [7, 11) is 4.78. The number of carbonyl (C=O) groups is 1. The normalized spacial score (nSPS) is 14.3. The summed E-state index contributed by atoms with van der Waals surface area (Å²) in [4.78, 5) is 18.8. The average molecular weight is 459 g/mol. The number of amides is 1. The van der Waals surface area contributed by atoms with Crippen LogP contribution >= 0.6 is 11.8 Å². The Bertz CT molecular complexity index is 976. The molecule has 0 aromatic heterocycles. The zero-order valence-electron chi connectivity index (χ0n) is 18.6. The zero-order chi connectivity index (χ0) is 23.1. The van der Waals surface area contributed by atoms with Crippen molar-refractivity contribution in [2.75, 3.05) is 32.1 Å². The van der Waals surface area contributed by atoms with Gasteiger partial charge in [0.1, 0.15) is 5.75 Å². The predicted molar refractivity (Wildman–Crippen MR) is 129 cm³/mol. The second kappa shape index (κ2) is 11.1. The van der Waals surface area contributed by atoms with E-state index in [2.05, 4.69) is 15.9 Å². The Hall–Kier alpha value is -2.95. The fraction of sp³-hybridized carbons (Fsp3) is 0.364. The first-order valence-electron chi connectivity index (χ1n) is 10.3. The molecular weight excluding hydrogens is 428 g/mol. The topological polar surface area (TPSA) is 127 Å². The number of hydrazone groups is 1. The van der Waals surface area contributed by atoms with Crippen molar-refractivity contribution in [1.82, 2.24) is 5.01 Å². The van der Waals surface area contributed by atoms with Gasteiger partial charge in [0.15, 0.2) is 0 Å². The van der Waals surface area contributed by atoms with Gasteiger partial charge in [0.05, 0.1) is 25.5 Å². The van der Waals surface area contributed by atoms with Crippen LogP contribution in [-0.4, -0.2) is 37.4 Å². The molecule has 2 aromatic carbocycles. The van der Waals surface area contributed by atoms with Gasteiger partial charge in [0.2, 0.25) is 5.17 Å². The van der Waals surface area contributed by atoms with E-state index in [1.807, 2.05) is 18.2 Å². The van der Waals surface area contributed by atoms with E-state index in [0.717, 1.165) is 5.75 Å². The van der Waals surface area contributed by atoms with E-state index in [4.69, 9.17) is 21.3 Å². The van der Waals surface area contributed by atoms with Gasteiger partial charge in [-0.25, -0.2) is 5.84 Å². The molecule has 9 nitrogen and oxygen atoms in total. The van der Waals surface area contributed by atoms with Gasteiger partial charge >= 0.3 is 0 Å². The zero-order valence-corrected chi connectivity index (χ0v) is 19.4. The molecule has 1 aliphatic carbocycles. The van der Waals surface area contributed by atoms with Crippen molar-refractivity contribution in [1.29, 1.82) is 0 Å². The van der Waals surface area contributed by atoms with Crippen molar-refractivity contribution in [2.24, 2.45) is 16.8 Å². The van der Waals surface area contributed by atoms with Crippen LogP contribution in [-0.2, 0) is 4.84 Å². The number of hydrogen-bond acceptors (Lipinski definition) is 8. The number of carbonyl (C=O) groups excluding carboxylic acids is 1. The summed E-state index contributed by atoms with van der Waals surface area (Å²) in [5.41, 5.74) is 5.63. The number of benzene rings is 2. The molecule has 1 fully saturated rings. The highest BCUT2D eigenvalue weighted by Crippen LogP contribution is 2.40. The molecule has 0 spiro atoms. The molecule has 1 amide bonds. The number of methoxy groups -OCH3 is 1. The van der Waals surface area contributed by atoms with Crippen LogP contribution in [0.4, 0.5) is 11.4 Å². The van der Waals surface area contributed by atoms with Gasteiger partial charge in [0, 0.05) is 23.7 Å². The molecule has 1 saturated carbocycles. The number of ether oxygens (including phenoxy) is 1. The van der Waals surface area contributed by atoms with Gasteiger partial charge in [-0.3, -0.25) is 20.1 Å². The summed E-state index contributed by atoms with van der Waals surface area (Å²) in [6, 6.07) is 11.1. The molecule has 2 aromatic rings. The summed E-state index contributed by atoms with van der Waals surface area (Å²) in [5, 5.41) is 8.30. The van der Waals surface area contributed by atoms with Crippen LogP contribution in [0.25, 0.3) is 0 Å². The van der Waals surface area contributed by atoms with Crippen molar-refractivity contribution >= 4 is 34.2 Å². The number of hydrogen-bond donors (Lipinski definition) is 4. The SMILES string of the molecule is CONc1ccc(S/C(=N/N)N(C)N)c(C(=O)Nc2ccc(C3CCCC3)c(OC)c2)c1. The third-order valence-corrected chi connectivity index (χ3v) is 6.50. The molecule has 0 atom stereocenters. The molecule has 172 valence electrons. The fourth-order valence-corrected chi connectivity index (χ4v) is 4.62. The first kappa shape index (κ1) is 23.7. The minimum atomic E-state index is -0.293. The van der Waals surface area contributed by atoms with Gasteiger partial charge in [0.25, 0.3) is 5.91 Å². The van der Waals surface area contributed by atoms with Crippen LogP contribution in [0, 0.1) is 0 Å². The monoisotopic (exact) mass is 458 g/mol. The van der Waals surface area contributed by atoms with Crippen molar-refractivity contribution in [3.63, 3.8) is 0 Å². The number of nitrogens with one attached hydrogen (secondary N) is 2. The number of amidine groups is 1. The van der Waals surface area contributed by atoms with Crippen LogP contribution in [0.3, 0.4) is 0 Å². The van der Waals surface area contributed by atoms with E-state index in [-0.39, 0.29) is 5.91 Å². The molecular formula is C22H30N6O3S. The van der Waals surface area contributed by atoms with E-state index in [0.29, 0.717) is 32.9 Å². The average Bonchev–Trinajstić information content (AvgIpc) is 3.32. The van der Waals surface area contributed by atoms with Crippen molar-refractivity contribution in [2.45, 2.75) is 36.5 Å². The van der Waals surface area contributed by atoms with Crippen LogP contribution < -0.4 is 27.2 Å². The second-order valence-corrected chi connectivity index (χ2v) is 8.54. The summed E-state index contributed by atoms with van der Waals surface area (Å²) in [6.07, 6.45) is 4.82. The smallest absolute Gasteiger partial charge is 0.256 e. The maximum atomic E-state index is 13.2. The Balaban J connectivity index is 1.87. The number of nitrogens with zero attached hydrogens (tertiary/aromatic N) is 2. The molecule has 6 N–H and O–H groups in total. The third-order valence-electron chi connectivity index (χ3n) is 5.34. The highest BCUT2D eigenvalue weighted by atomic mass is 32.2. The predicted octanol–water partition coefficient (Wildman–Crippen LogP) is 3.71. The van der Waals surface area contributed by atoms with Crippen LogP contribution in [0.2, 0.25) is 0 Å². The Morgan fingerprint density at radius 2 is 1.88 bits per heavy atom. The van der Waals surface area contributed by atoms with Crippen molar-refractivity contribution < 1.29 is 14.4 Å². The largest absolute Gasteiger partial charge is 0.496 e. The fourth-order valence-electron chi connectivity index (χ4n) is 3.83. The van der Waals surface area contributed by atoms with E-state index in [9.17, 15) is 4.79 Å². The Kier molecular flexibility index (Phi) is 8.20. The number of nitrogens with two attached hydrogens (primary N) is 2. The lowest BCUT2D eigenvalue weighted by Crippen LogP contribution is -2.32. The highest BCUT2D eigenvalue weighted by molar-refractivity contribution is 8.13. The molecule has 0 heterocycles. The van der Waals surface area contributed by atoms with Crippen molar-refractivity contribution in [3.8, 4) is 5.75 Å². The number of anilines is 2. The van der Waals surface area contributed by atoms with Crippen LogP contribution in [0.1, 0.15) is 47.5 Å². The number of rotatable bonds is 7. The van der Waals surface area contributed by atoms with Crippen LogP contribution in [0.15, 0.2) is 46.4 Å². The Labute approximate surface area is 192 Å². The first-order valence-corrected chi connectivity index (χ1v) is 11.1. The minimum absolute atomic E-state index is 0.293. The van der Waals surface area contributed by atoms with Crippen LogP contribution in [0.5, 0.6) is 5.75 Å². The number of thioether (sulfide) groups is 1. The van der Waals surface area contributed by atoms with E-state index in [1.165, 1.54) is 55.1 Å². The lowest BCUT2D eigenvalue weighted by atomic mass is 9.96. The summed E-state index contributed by atoms with van der Waals surface area (Å²) < 4.78 is 5.62. The van der Waals surface area contributed by atoms with E-state index >= 15 is 0 Å². The first-order chi connectivity index (χ1) is 15.5. The van der Waals surface area contributed by atoms with Gasteiger partial charge in [-0.05, 0) is 60.4 Å². The van der Waals surface area contributed by atoms with Gasteiger partial charge in [-0.2, -0.15) is 5.10 Å². The minimum Gasteiger partial charge on any atom is -0.496 e. The summed E-state index contributed by atoms with van der Waals surface area (Å²) >= 11 is 1.19. The molecule has 0 aliphatic heterocycles. The maximum Gasteiger partial charge on any atom is 0.256 e. The van der Waals surface area contributed by atoms with E-state index in [1.54, 1.807) is 32.4 Å². The Morgan fingerprint density at radius 1 is 1.16 bits per heavy atom. The highest BCUT2D eigenvalue weighted by Gasteiger charge is 2.22. The molecule has 0 radical (unpaired) electrons. The van der Waals surface area contributed by atoms with Gasteiger partial charge in [-0.1, -0.05) is 18.9 Å². The maximum absolute atomic E-state index is 13.2. The standard InChI is InChI=1S/C22H30N6O3S/c1-28(24)22(26-23)32-20-11-9-16(27-31-3)12-18(20)21(29)25-15-8-10-17(19(13-15)30-2)14-6-4-5-7-14/h8-14,27H,4-7,23-24H2,1-3H3,(H,25,29)/b26-22+. The molecule has 1 aliphatic rings. The number of hydrazine groups is 1. The molecule has 0 saturated heterocycles. The molecule has 32 heavy (non-hydrogen) atoms. The Morgan fingerprint density at radius 3 is 2.50 bits per heavy atom. The third kappa shape index (κ3) is 5.64. The van der Waals surface area contributed by atoms with Gasteiger partial charge in [-0.15, -0.1) is 0 Å². The molecule has 10 heteroatoms.